The maximum Gasteiger partial charge on any atom is 0.270 e. The molecule has 0 saturated heterocycles. The smallest absolute Gasteiger partial charge is 0.270 e. The first kappa shape index (κ1) is 16.0. The van der Waals surface area contributed by atoms with Gasteiger partial charge in [-0.2, -0.15) is 0 Å². The van der Waals surface area contributed by atoms with Gasteiger partial charge in [-0.3, -0.25) is 15.2 Å². The molecule has 2 N–H and O–H groups in total. The van der Waals surface area contributed by atoms with Crippen LogP contribution in [-0.4, -0.2) is 23.1 Å². The highest BCUT2D eigenvalue weighted by atomic mass is 32.1. The van der Waals surface area contributed by atoms with Crippen molar-refractivity contribution in [3.8, 4) is 0 Å². The largest absolute Gasteiger partial charge is 0.331 e. The van der Waals surface area contributed by atoms with Crippen LogP contribution in [0.5, 0.6) is 0 Å². The van der Waals surface area contributed by atoms with E-state index in [4.69, 9.17) is 12.2 Å². The lowest BCUT2D eigenvalue weighted by Crippen LogP contribution is -2.45. The van der Waals surface area contributed by atoms with Crippen LogP contribution in [0.2, 0.25) is 0 Å². The summed E-state index contributed by atoms with van der Waals surface area (Å²) in [5.74, 6) is -0.202. The van der Waals surface area contributed by atoms with Crippen molar-refractivity contribution in [2.24, 2.45) is 0 Å². The lowest BCUT2D eigenvalue weighted by molar-refractivity contribution is 0.0890. The summed E-state index contributed by atoms with van der Waals surface area (Å²) in [6.45, 7) is 0. The number of hydrazine groups is 1. The molecule has 0 aliphatic rings. The molecule has 1 amide bonds. The Morgan fingerprint density at radius 2 is 1.58 bits per heavy atom. The monoisotopic (exact) mass is 335 g/mol. The zero-order chi connectivity index (χ0) is 16.9. The van der Waals surface area contributed by atoms with Gasteiger partial charge in [0.2, 0.25) is 0 Å². The van der Waals surface area contributed by atoms with Crippen molar-refractivity contribution in [1.29, 1.82) is 0 Å². The third kappa shape index (κ3) is 3.52. The van der Waals surface area contributed by atoms with Gasteiger partial charge in [-0.25, -0.2) is 0 Å². The number of thiocarbonyl (C=S) groups is 1. The van der Waals surface area contributed by atoms with Gasteiger partial charge >= 0.3 is 0 Å². The molecule has 0 atom stereocenters. The molecule has 0 aliphatic carbocycles. The van der Waals surface area contributed by atoms with Crippen molar-refractivity contribution < 1.29 is 4.79 Å². The molecular weight excluding hydrogens is 318 g/mol. The van der Waals surface area contributed by atoms with Gasteiger partial charge in [-0.05, 0) is 41.2 Å². The summed E-state index contributed by atoms with van der Waals surface area (Å²) in [4.78, 5) is 12.6. The lowest BCUT2D eigenvalue weighted by atomic mass is 10.0. The van der Waals surface area contributed by atoms with E-state index in [1.165, 1.54) is 5.01 Å². The molecule has 3 rings (SSSR count). The first-order chi connectivity index (χ1) is 11.6. The summed E-state index contributed by atoms with van der Waals surface area (Å²) >= 11 is 5.32. The number of carbonyl (C=O) groups excluding carboxylic acids is 1. The van der Waals surface area contributed by atoms with Crippen LogP contribution in [-0.2, 0) is 0 Å². The third-order valence-electron chi connectivity index (χ3n) is 3.63. The van der Waals surface area contributed by atoms with Crippen molar-refractivity contribution in [3.63, 3.8) is 0 Å². The maximum absolute atomic E-state index is 12.6. The fourth-order valence-electron chi connectivity index (χ4n) is 2.42. The van der Waals surface area contributed by atoms with Gasteiger partial charge in [-0.1, -0.05) is 54.6 Å². The Bertz CT molecular complexity index is 875. The Balaban J connectivity index is 1.72. The first-order valence-electron chi connectivity index (χ1n) is 7.53. The SMILES string of the molecule is CN(NC(=O)c1cccc2ccccc12)C(=S)Nc1ccccc1. The van der Waals surface area contributed by atoms with Gasteiger partial charge in [0.1, 0.15) is 0 Å². The van der Waals surface area contributed by atoms with E-state index < -0.39 is 0 Å². The molecule has 0 bridgehead atoms. The van der Waals surface area contributed by atoms with Gasteiger partial charge in [0.25, 0.3) is 5.91 Å². The van der Waals surface area contributed by atoms with Crippen molar-refractivity contribution in [2.45, 2.75) is 0 Å². The Morgan fingerprint density at radius 1 is 0.917 bits per heavy atom. The van der Waals surface area contributed by atoms with Gasteiger partial charge in [0, 0.05) is 18.3 Å². The van der Waals surface area contributed by atoms with Crippen LogP contribution in [0.25, 0.3) is 10.8 Å². The van der Waals surface area contributed by atoms with Crippen LogP contribution < -0.4 is 10.7 Å². The molecular formula is C19H17N3OS. The Labute approximate surface area is 146 Å². The minimum atomic E-state index is -0.202. The first-order valence-corrected chi connectivity index (χ1v) is 7.94. The fourth-order valence-corrected chi connectivity index (χ4v) is 2.58. The summed E-state index contributed by atoms with van der Waals surface area (Å²) < 4.78 is 0. The molecule has 3 aromatic carbocycles. The number of nitrogens with zero attached hydrogens (tertiary/aromatic N) is 1. The molecule has 3 aromatic rings. The maximum atomic E-state index is 12.6. The molecule has 0 radical (unpaired) electrons. The van der Waals surface area contributed by atoms with Crippen LogP contribution in [0.15, 0.2) is 72.8 Å². The number of nitrogens with one attached hydrogen (secondary N) is 2. The summed E-state index contributed by atoms with van der Waals surface area (Å²) in [5, 5.41) is 6.93. The zero-order valence-electron chi connectivity index (χ0n) is 13.2. The second-order valence-electron chi connectivity index (χ2n) is 5.32. The minimum Gasteiger partial charge on any atom is -0.331 e. The van der Waals surface area contributed by atoms with Crippen molar-refractivity contribution in [1.82, 2.24) is 10.4 Å². The molecule has 5 heteroatoms. The molecule has 0 spiro atoms. The number of carbonyl (C=O) groups is 1. The van der Waals surface area contributed by atoms with Crippen LogP contribution in [0.1, 0.15) is 10.4 Å². The predicted octanol–water partition coefficient (Wildman–Crippen LogP) is 3.81. The van der Waals surface area contributed by atoms with Crippen LogP contribution in [0, 0.1) is 0 Å². The van der Waals surface area contributed by atoms with Gasteiger partial charge in [0.15, 0.2) is 5.11 Å². The van der Waals surface area contributed by atoms with E-state index in [-0.39, 0.29) is 5.91 Å². The quantitative estimate of drug-likeness (QED) is 0.552. The molecule has 0 unspecified atom stereocenters. The topological polar surface area (TPSA) is 44.4 Å². The Kier molecular flexibility index (Phi) is 4.72. The zero-order valence-corrected chi connectivity index (χ0v) is 14.0. The molecule has 0 fully saturated rings. The molecule has 0 aromatic heterocycles. The average molecular weight is 335 g/mol. The Hall–Kier alpha value is -2.92. The van der Waals surface area contributed by atoms with E-state index in [1.54, 1.807) is 13.1 Å². The fraction of sp³-hybridized carbons (Fsp3) is 0.0526. The normalized spacial score (nSPS) is 10.2. The second-order valence-corrected chi connectivity index (χ2v) is 5.71. The highest BCUT2D eigenvalue weighted by molar-refractivity contribution is 7.80. The van der Waals surface area contributed by atoms with Crippen molar-refractivity contribution in [2.75, 3.05) is 12.4 Å². The van der Waals surface area contributed by atoms with E-state index in [0.717, 1.165) is 16.5 Å². The number of hydrogen-bond donors (Lipinski definition) is 2. The molecule has 120 valence electrons. The lowest BCUT2D eigenvalue weighted by Gasteiger charge is -2.22. The van der Waals surface area contributed by atoms with E-state index in [1.807, 2.05) is 66.7 Å². The number of para-hydroxylation sites is 1. The summed E-state index contributed by atoms with van der Waals surface area (Å²) in [6.07, 6.45) is 0. The molecule has 0 heterocycles. The number of hydrogen-bond acceptors (Lipinski definition) is 2. The van der Waals surface area contributed by atoms with Gasteiger partial charge in [-0.15, -0.1) is 0 Å². The highest BCUT2D eigenvalue weighted by Gasteiger charge is 2.13. The second kappa shape index (κ2) is 7.10. The van der Waals surface area contributed by atoms with E-state index in [9.17, 15) is 4.79 Å². The number of amides is 1. The predicted molar refractivity (Wildman–Crippen MR) is 102 cm³/mol. The van der Waals surface area contributed by atoms with Gasteiger partial charge < -0.3 is 5.32 Å². The minimum absolute atomic E-state index is 0.202. The molecule has 4 nitrogen and oxygen atoms in total. The van der Waals surface area contributed by atoms with Crippen LogP contribution in [0.3, 0.4) is 0 Å². The summed E-state index contributed by atoms with van der Waals surface area (Å²) in [7, 11) is 1.71. The number of fused-ring (bicyclic) bond motifs is 1. The molecule has 0 aliphatic heterocycles. The average Bonchev–Trinajstić information content (AvgIpc) is 2.62. The Morgan fingerprint density at radius 3 is 2.38 bits per heavy atom. The third-order valence-corrected chi connectivity index (χ3v) is 4.01. The van der Waals surface area contributed by atoms with Crippen molar-refractivity contribution in [3.05, 3.63) is 78.4 Å². The van der Waals surface area contributed by atoms with Crippen LogP contribution in [0.4, 0.5) is 5.69 Å². The van der Waals surface area contributed by atoms with Crippen molar-refractivity contribution >= 4 is 39.7 Å². The standard InChI is InChI=1S/C19H17N3OS/c1-22(19(24)20-15-10-3-2-4-11-15)21-18(23)17-13-7-9-14-8-5-6-12-16(14)17/h2-13H,1H3,(H,20,24)(H,21,23). The number of rotatable bonds is 2. The summed E-state index contributed by atoms with van der Waals surface area (Å²) in [6, 6.07) is 23.0. The number of anilines is 1. The summed E-state index contributed by atoms with van der Waals surface area (Å²) in [5.41, 5.74) is 4.28. The van der Waals surface area contributed by atoms with Crippen LogP contribution >= 0.6 is 12.2 Å². The van der Waals surface area contributed by atoms with E-state index in [0.29, 0.717) is 10.7 Å². The van der Waals surface area contributed by atoms with E-state index in [2.05, 4.69) is 10.7 Å². The molecule has 24 heavy (non-hydrogen) atoms. The highest BCUT2D eigenvalue weighted by Crippen LogP contribution is 2.18. The van der Waals surface area contributed by atoms with Gasteiger partial charge in [0.05, 0.1) is 0 Å². The number of benzene rings is 3. The molecule has 0 saturated carbocycles. The van der Waals surface area contributed by atoms with E-state index >= 15 is 0 Å².